The Labute approximate surface area is 123 Å². The molecule has 0 spiro atoms. The average Bonchev–Trinajstić information content (AvgIpc) is 2.96. The lowest BCUT2D eigenvalue weighted by molar-refractivity contribution is 0.444. The molecule has 0 bridgehead atoms. The number of hydrogen-bond donors (Lipinski definition) is 1. The Hall–Kier alpha value is -2.27. The van der Waals surface area contributed by atoms with Crippen molar-refractivity contribution in [2.24, 2.45) is 0 Å². The van der Waals surface area contributed by atoms with Crippen molar-refractivity contribution in [2.75, 3.05) is 13.1 Å². The molecule has 4 heterocycles. The molecule has 106 valence electrons. The fourth-order valence-electron chi connectivity index (χ4n) is 3.02. The largest absolute Gasteiger partial charge is 0.316 e. The first-order valence-electron chi connectivity index (χ1n) is 7.38. The summed E-state index contributed by atoms with van der Waals surface area (Å²) in [6.45, 7) is 2.07. The summed E-state index contributed by atoms with van der Waals surface area (Å²) in [7, 11) is 0. The summed E-state index contributed by atoms with van der Waals surface area (Å²) in [5.74, 6) is 1.51. The molecule has 1 aliphatic rings. The van der Waals surface area contributed by atoms with E-state index in [9.17, 15) is 0 Å². The first-order valence-corrected chi connectivity index (χ1v) is 7.38. The molecule has 1 fully saturated rings. The van der Waals surface area contributed by atoms with Gasteiger partial charge >= 0.3 is 0 Å². The van der Waals surface area contributed by atoms with Crippen LogP contribution in [0.4, 0.5) is 0 Å². The monoisotopic (exact) mass is 279 g/mol. The number of nitrogens with zero attached hydrogens (tertiary/aromatic N) is 4. The summed E-state index contributed by atoms with van der Waals surface area (Å²) in [6.07, 6.45) is 7.83. The lowest BCUT2D eigenvalue weighted by atomic mass is 9.99. The van der Waals surface area contributed by atoms with Crippen molar-refractivity contribution >= 4 is 11.2 Å². The second-order valence-electron chi connectivity index (χ2n) is 5.41. The van der Waals surface area contributed by atoms with Gasteiger partial charge in [-0.1, -0.05) is 0 Å². The van der Waals surface area contributed by atoms with Crippen molar-refractivity contribution in [1.82, 2.24) is 24.8 Å². The molecule has 5 heteroatoms. The standard InChI is InChI=1S/C16H17N5/c1-4-12(10-17-7-1)15-20-14-6-3-9-19-16(14)21(15)13-5-2-8-18-11-13/h2-3,5-6,8-9,11-12,17H,1,4,7,10H2. The molecule has 0 aromatic carbocycles. The highest BCUT2D eigenvalue weighted by molar-refractivity contribution is 5.73. The Bertz CT molecular complexity index is 744. The van der Waals surface area contributed by atoms with E-state index in [1.54, 1.807) is 6.20 Å². The van der Waals surface area contributed by atoms with Gasteiger partial charge in [-0.2, -0.15) is 0 Å². The van der Waals surface area contributed by atoms with Crippen LogP contribution in [-0.4, -0.2) is 32.6 Å². The van der Waals surface area contributed by atoms with Crippen LogP contribution in [-0.2, 0) is 0 Å². The summed E-state index contributed by atoms with van der Waals surface area (Å²) in [4.78, 5) is 13.6. The molecule has 0 amide bonds. The normalized spacial score (nSPS) is 19.0. The van der Waals surface area contributed by atoms with Gasteiger partial charge in [0.15, 0.2) is 5.65 Å². The highest BCUT2D eigenvalue weighted by Crippen LogP contribution is 2.28. The third-order valence-electron chi connectivity index (χ3n) is 4.01. The van der Waals surface area contributed by atoms with E-state index >= 15 is 0 Å². The summed E-state index contributed by atoms with van der Waals surface area (Å²) in [5, 5.41) is 3.47. The van der Waals surface area contributed by atoms with Gasteiger partial charge in [0.2, 0.25) is 0 Å². The van der Waals surface area contributed by atoms with Crippen LogP contribution in [0.25, 0.3) is 16.9 Å². The van der Waals surface area contributed by atoms with Crippen molar-refractivity contribution in [2.45, 2.75) is 18.8 Å². The summed E-state index contributed by atoms with van der Waals surface area (Å²) < 4.78 is 2.15. The zero-order chi connectivity index (χ0) is 14.1. The molecule has 0 aliphatic carbocycles. The van der Waals surface area contributed by atoms with Crippen LogP contribution in [0, 0.1) is 0 Å². The van der Waals surface area contributed by atoms with Crippen molar-refractivity contribution in [3.05, 3.63) is 48.7 Å². The maximum absolute atomic E-state index is 4.85. The molecule has 1 N–H and O–H groups in total. The van der Waals surface area contributed by atoms with Crippen LogP contribution >= 0.6 is 0 Å². The molecule has 1 aliphatic heterocycles. The number of pyridine rings is 2. The molecule has 1 unspecified atom stereocenters. The highest BCUT2D eigenvalue weighted by atomic mass is 15.1. The van der Waals surface area contributed by atoms with Gasteiger partial charge in [0.05, 0.1) is 11.9 Å². The van der Waals surface area contributed by atoms with Crippen LogP contribution in [0.3, 0.4) is 0 Å². The fourth-order valence-corrected chi connectivity index (χ4v) is 3.02. The molecular formula is C16H17N5. The highest BCUT2D eigenvalue weighted by Gasteiger charge is 2.23. The molecule has 21 heavy (non-hydrogen) atoms. The Morgan fingerprint density at radius 1 is 1.19 bits per heavy atom. The van der Waals surface area contributed by atoms with Gasteiger partial charge in [-0.15, -0.1) is 0 Å². The molecule has 5 nitrogen and oxygen atoms in total. The van der Waals surface area contributed by atoms with E-state index in [4.69, 9.17) is 4.98 Å². The number of rotatable bonds is 2. The fraction of sp³-hybridized carbons (Fsp3) is 0.312. The number of imidazole rings is 1. The number of aromatic nitrogens is 4. The minimum Gasteiger partial charge on any atom is -0.316 e. The van der Waals surface area contributed by atoms with Gasteiger partial charge in [0.1, 0.15) is 11.3 Å². The van der Waals surface area contributed by atoms with Gasteiger partial charge in [0, 0.05) is 24.9 Å². The van der Waals surface area contributed by atoms with E-state index in [2.05, 4.69) is 25.9 Å². The minimum absolute atomic E-state index is 0.424. The Morgan fingerprint density at radius 2 is 2.14 bits per heavy atom. The average molecular weight is 279 g/mol. The Kier molecular flexibility index (Phi) is 3.12. The summed E-state index contributed by atoms with van der Waals surface area (Å²) in [6, 6.07) is 7.97. The van der Waals surface area contributed by atoms with Gasteiger partial charge < -0.3 is 5.32 Å². The SMILES string of the molecule is c1cncc(-n2c(C3CCCNC3)nc3cccnc32)c1. The van der Waals surface area contributed by atoms with E-state index < -0.39 is 0 Å². The first kappa shape index (κ1) is 12.5. The van der Waals surface area contributed by atoms with Gasteiger partial charge in [0.25, 0.3) is 0 Å². The maximum atomic E-state index is 4.85. The quantitative estimate of drug-likeness (QED) is 0.782. The predicted octanol–water partition coefficient (Wildman–Crippen LogP) is 2.28. The number of nitrogens with one attached hydrogen (secondary N) is 1. The van der Waals surface area contributed by atoms with Gasteiger partial charge in [-0.25, -0.2) is 9.97 Å². The first-order chi connectivity index (χ1) is 10.4. The summed E-state index contributed by atoms with van der Waals surface area (Å²) in [5.41, 5.74) is 2.88. The van der Waals surface area contributed by atoms with Crippen LogP contribution in [0.2, 0.25) is 0 Å². The molecule has 1 saturated heterocycles. The van der Waals surface area contributed by atoms with Crippen LogP contribution < -0.4 is 5.32 Å². The topological polar surface area (TPSA) is 55.6 Å². The molecule has 3 aromatic heterocycles. The molecule has 0 saturated carbocycles. The molecule has 1 atom stereocenters. The smallest absolute Gasteiger partial charge is 0.164 e. The van der Waals surface area contributed by atoms with E-state index in [1.165, 1.54) is 6.42 Å². The maximum Gasteiger partial charge on any atom is 0.164 e. The second kappa shape index (κ2) is 5.26. The van der Waals surface area contributed by atoms with Crippen LogP contribution in [0.15, 0.2) is 42.9 Å². The van der Waals surface area contributed by atoms with Crippen LogP contribution in [0.1, 0.15) is 24.6 Å². The minimum atomic E-state index is 0.424. The third-order valence-corrected chi connectivity index (χ3v) is 4.01. The van der Waals surface area contributed by atoms with E-state index in [1.807, 2.05) is 30.6 Å². The van der Waals surface area contributed by atoms with Crippen LogP contribution in [0.5, 0.6) is 0 Å². The Balaban J connectivity index is 1.92. The van der Waals surface area contributed by atoms with Crippen molar-refractivity contribution in [3.63, 3.8) is 0 Å². The number of fused-ring (bicyclic) bond motifs is 1. The zero-order valence-electron chi connectivity index (χ0n) is 11.7. The van der Waals surface area contributed by atoms with Gasteiger partial charge in [-0.05, 0) is 43.7 Å². The molecule has 0 radical (unpaired) electrons. The van der Waals surface area contributed by atoms with E-state index in [0.717, 1.165) is 42.2 Å². The lowest BCUT2D eigenvalue weighted by Gasteiger charge is -2.23. The van der Waals surface area contributed by atoms with Crippen molar-refractivity contribution in [3.8, 4) is 5.69 Å². The van der Waals surface area contributed by atoms with E-state index in [0.29, 0.717) is 5.92 Å². The molecular weight excluding hydrogens is 262 g/mol. The Morgan fingerprint density at radius 3 is 2.95 bits per heavy atom. The lowest BCUT2D eigenvalue weighted by Crippen LogP contribution is -2.29. The number of hydrogen-bond acceptors (Lipinski definition) is 4. The van der Waals surface area contributed by atoms with E-state index in [-0.39, 0.29) is 0 Å². The molecule has 4 rings (SSSR count). The van der Waals surface area contributed by atoms with Gasteiger partial charge in [-0.3, -0.25) is 9.55 Å². The number of piperidine rings is 1. The third kappa shape index (κ3) is 2.19. The predicted molar refractivity (Wildman–Crippen MR) is 81.5 cm³/mol. The summed E-state index contributed by atoms with van der Waals surface area (Å²) >= 11 is 0. The zero-order valence-corrected chi connectivity index (χ0v) is 11.7. The second-order valence-corrected chi connectivity index (χ2v) is 5.41. The molecule has 3 aromatic rings. The van der Waals surface area contributed by atoms with Crippen molar-refractivity contribution in [1.29, 1.82) is 0 Å². The van der Waals surface area contributed by atoms with Crippen molar-refractivity contribution < 1.29 is 0 Å².